The molecule has 0 N–H and O–H groups in total. The molecule has 30 heavy (non-hydrogen) atoms. The topological polar surface area (TPSA) is 105 Å². The quantitative estimate of drug-likeness (QED) is 0.183. The summed E-state index contributed by atoms with van der Waals surface area (Å²) in [7, 11) is 0. The van der Waals surface area contributed by atoms with E-state index in [1.807, 2.05) is 0 Å². The molecule has 8 nitrogen and oxygen atoms in total. The predicted molar refractivity (Wildman–Crippen MR) is 115 cm³/mol. The van der Waals surface area contributed by atoms with Crippen LogP contribution in [0.2, 0.25) is 0 Å². The first-order valence-corrected chi connectivity index (χ1v) is 12.1. The normalized spacial score (nSPS) is 20.8. The molecule has 0 aromatic heterocycles. The van der Waals surface area contributed by atoms with E-state index in [2.05, 4.69) is 0 Å². The maximum absolute atomic E-state index is 12.4. The van der Waals surface area contributed by atoms with E-state index in [9.17, 15) is 19.2 Å². The first-order valence-electron chi connectivity index (χ1n) is 10.3. The van der Waals surface area contributed by atoms with E-state index in [-0.39, 0.29) is 54.4 Å². The Labute approximate surface area is 186 Å². The van der Waals surface area contributed by atoms with Gasteiger partial charge in [-0.3, -0.25) is 19.2 Å². The van der Waals surface area contributed by atoms with E-state index in [1.54, 1.807) is 27.7 Å². The Hall–Kier alpha value is -1.26. The van der Waals surface area contributed by atoms with E-state index in [1.165, 1.54) is 0 Å². The fourth-order valence-corrected chi connectivity index (χ4v) is 5.05. The zero-order chi connectivity index (χ0) is 22.5. The van der Waals surface area contributed by atoms with Crippen molar-refractivity contribution < 1.29 is 37.6 Å². The molecule has 0 radical (unpaired) electrons. The lowest BCUT2D eigenvalue weighted by atomic mass is 9.87. The van der Waals surface area contributed by atoms with Gasteiger partial charge in [0.05, 0.1) is 44.4 Å². The molecule has 1 saturated carbocycles. The van der Waals surface area contributed by atoms with Crippen LogP contribution in [-0.4, -0.2) is 54.5 Å². The van der Waals surface area contributed by atoms with Crippen molar-refractivity contribution in [2.45, 2.75) is 47.0 Å². The van der Waals surface area contributed by atoms with E-state index in [4.69, 9.17) is 18.4 Å². The van der Waals surface area contributed by atoms with Crippen molar-refractivity contribution in [1.29, 1.82) is 0 Å². The molecule has 0 aromatic carbocycles. The largest absolute Gasteiger partial charge is 0.466 e. The third-order valence-electron chi connectivity index (χ3n) is 4.80. The number of ether oxygens (including phenoxy) is 3. The van der Waals surface area contributed by atoms with Crippen LogP contribution in [0.5, 0.6) is 0 Å². The molecule has 0 aliphatic heterocycles. The van der Waals surface area contributed by atoms with Gasteiger partial charge in [-0.1, -0.05) is 11.8 Å². The number of hydrogen-bond acceptors (Lipinski definition) is 10. The maximum atomic E-state index is 12.4. The van der Waals surface area contributed by atoms with Crippen molar-refractivity contribution in [1.82, 2.24) is 0 Å². The molecule has 0 amide bonds. The monoisotopic (exact) mass is 464 g/mol. The summed E-state index contributed by atoms with van der Waals surface area (Å²) in [5.41, 5.74) is 0. The van der Waals surface area contributed by atoms with Crippen LogP contribution in [0.25, 0.3) is 0 Å². The Balaban J connectivity index is 2.90. The molecule has 1 aliphatic carbocycles. The van der Waals surface area contributed by atoms with Crippen molar-refractivity contribution in [3.8, 4) is 0 Å². The highest BCUT2D eigenvalue weighted by atomic mass is 32.2. The first kappa shape index (κ1) is 26.8. The minimum atomic E-state index is -1.04. The Morgan fingerprint density at radius 3 is 1.93 bits per heavy atom. The minimum absolute atomic E-state index is 0.0260. The summed E-state index contributed by atoms with van der Waals surface area (Å²) < 4.78 is 20.2. The molecular weight excluding hydrogens is 432 g/mol. The summed E-state index contributed by atoms with van der Waals surface area (Å²) >= 11 is 1.92. The van der Waals surface area contributed by atoms with Crippen molar-refractivity contribution in [3.63, 3.8) is 0 Å². The van der Waals surface area contributed by atoms with Gasteiger partial charge in [-0.2, -0.15) is 0 Å². The van der Waals surface area contributed by atoms with Crippen LogP contribution < -0.4 is 0 Å². The lowest BCUT2D eigenvalue weighted by molar-refractivity contribution is -0.162. The average Bonchev–Trinajstić information content (AvgIpc) is 3.12. The highest BCUT2D eigenvalue weighted by Gasteiger charge is 2.43. The van der Waals surface area contributed by atoms with Gasteiger partial charge in [0.15, 0.2) is 5.92 Å². The van der Waals surface area contributed by atoms with Crippen molar-refractivity contribution in [2.75, 3.05) is 32.2 Å². The summed E-state index contributed by atoms with van der Waals surface area (Å²) in [6.07, 6.45) is 1.25. The Morgan fingerprint density at radius 1 is 0.833 bits per heavy atom. The van der Waals surface area contributed by atoms with Crippen LogP contribution in [0.4, 0.5) is 4.79 Å². The number of thioether (sulfide) groups is 1. The van der Waals surface area contributed by atoms with Gasteiger partial charge in [0.1, 0.15) is 0 Å². The van der Waals surface area contributed by atoms with E-state index in [0.29, 0.717) is 25.2 Å². The second-order valence-corrected chi connectivity index (χ2v) is 8.81. The highest BCUT2D eigenvalue weighted by Crippen LogP contribution is 2.43. The molecule has 1 aliphatic rings. The summed E-state index contributed by atoms with van der Waals surface area (Å²) in [4.78, 5) is 48.9. The van der Waals surface area contributed by atoms with Crippen LogP contribution in [0.1, 0.15) is 47.0 Å². The van der Waals surface area contributed by atoms with E-state index < -0.39 is 17.9 Å². The molecule has 3 unspecified atom stereocenters. The van der Waals surface area contributed by atoms with Gasteiger partial charge in [0.25, 0.3) is 4.45 Å². The number of hydrogen-bond donors (Lipinski definition) is 0. The second kappa shape index (κ2) is 14.7. The zero-order valence-electron chi connectivity index (χ0n) is 18.0. The third-order valence-corrected chi connectivity index (χ3v) is 6.68. The smallest absolute Gasteiger partial charge is 0.320 e. The van der Waals surface area contributed by atoms with Crippen LogP contribution in [0.3, 0.4) is 0 Å². The van der Waals surface area contributed by atoms with E-state index >= 15 is 0 Å². The zero-order valence-corrected chi connectivity index (χ0v) is 19.7. The van der Waals surface area contributed by atoms with E-state index in [0.717, 1.165) is 23.8 Å². The van der Waals surface area contributed by atoms with Crippen LogP contribution in [0.15, 0.2) is 0 Å². The molecule has 10 heteroatoms. The second-order valence-electron chi connectivity index (χ2n) is 6.78. The summed E-state index contributed by atoms with van der Waals surface area (Å²) in [6.45, 7) is 7.93. The molecule has 3 atom stereocenters. The molecule has 0 heterocycles. The maximum Gasteiger partial charge on any atom is 0.320 e. The van der Waals surface area contributed by atoms with Crippen molar-refractivity contribution in [2.24, 2.45) is 23.7 Å². The Morgan fingerprint density at radius 2 is 1.40 bits per heavy atom. The molecule has 0 saturated heterocycles. The van der Waals surface area contributed by atoms with Crippen LogP contribution in [-0.2, 0) is 32.8 Å². The van der Waals surface area contributed by atoms with Crippen molar-refractivity contribution in [3.05, 3.63) is 0 Å². The average molecular weight is 465 g/mol. The van der Waals surface area contributed by atoms with Crippen molar-refractivity contribution >= 4 is 46.2 Å². The van der Waals surface area contributed by atoms with Gasteiger partial charge in [0, 0.05) is 5.75 Å². The summed E-state index contributed by atoms with van der Waals surface area (Å²) in [5, 5.41) is 0. The SMILES string of the molecule is CCOSC(=O)SCC1CC(C(=O)OCC)CC1CC(C(=O)OCC)C(=O)OCC. The van der Waals surface area contributed by atoms with Gasteiger partial charge in [-0.05, 0) is 58.8 Å². The molecule has 0 aromatic rings. The number of esters is 3. The van der Waals surface area contributed by atoms with Gasteiger partial charge in [-0.25, -0.2) is 0 Å². The Kier molecular flexibility index (Phi) is 13.1. The summed E-state index contributed by atoms with van der Waals surface area (Å²) in [6, 6.07) is 0. The lowest BCUT2D eigenvalue weighted by Crippen LogP contribution is -2.31. The first-order chi connectivity index (χ1) is 14.4. The highest BCUT2D eigenvalue weighted by molar-refractivity contribution is 8.36. The number of carbonyl (C=O) groups is 4. The fourth-order valence-electron chi connectivity index (χ4n) is 3.54. The van der Waals surface area contributed by atoms with Gasteiger partial charge in [-0.15, -0.1) is 0 Å². The van der Waals surface area contributed by atoms with Gasteiger partial charge in [0.2, 0.25) is 0 Å². The van der Waals surface area contributed by atoms with Crippen LogP contribution >= 0.6 is 23.8 Å². The van der Waals surface area contributed by atoms with Gasteiger partial charge >= 0.3 is 17.9 Å². The fraction of sp³-hybridized carbons (Fsp3) is 0.800. The molecular formula is C20H32O8S2. The molecule has 1 fully saturated rings. The minimum Gasteiger partial charge on any atom is -0.466 e. The van der Waals surface area contributed by atoms with Crippen LogP contribution in [0, 0.1) is 23.7 Å². The standard InChI is InChI=1S/C20H32O8S2/c1-5-25-17(21)14-9-13(15(10-14)12-29-20(24)30-28-8-4)11-16(18(22)26-6-2)19(23)27-7-3/h13-16H,5-12H2,1-4H3. The molecule has 0 bridgehead atoms. The molecule has 1 rings (SSSR count). The number of carbonyl (C=O) groups excluding carboxylic acids is 4. The Bertz CT molecular complexity index is 565. The van der Waals surface area contributed by atoms with Gasteiger partial charge < -0.3 is 18.4 Å². The third kappa shape index (κ3) is 8.85. The number of rotatable bonds is 12. The summed E-state index contributed by atoms with van der Waals surface area (Å²) in [5.74, 6) is -2.56. The predicted octanol–water partition coefficient (Wildman–Crippen LogP) is 3.86. The lowest BCUT2D eigenvalue weighted by Gasteiger charge is -2.22. The molecule has 172 valence electrons. The molecule has 0 spiro atoms.